The Morgan fingerprint density at radius 2 is 1.47 bits per heavy atom. The number of aromatic nitrogens is 2. The zero-order chi connectivity index (χ0) is 20.2. The quantitative estimate of drug-likeness (QED) is 0.293. The predicted octanol–water partition coefficient (Wildman–Crippen LogP) is 6.81. The number of pyridine rings is 1. The minimum Gasteiger partial charge on any atom is -0.309 e. The maximum absolute atomic E-state index is 2.47. The highest BCUT2D eigenvalue weighted by molar-refractivity contribution is 6.09. The lowest BCUT2D eigenvalue weighted by Crippen LogP contribution is -2.46. The van der Waals surface area contributed by atoms with Crippen LogP contribution in [0.15, 0.2) is 91.1 Å². The average Bonchev–Trinajstić information content (AvgIpc) is 3.14. The molecule has 2 atom stereocenters. The Labute approximate surface area is 177 Å². The molecule has 0 aliphatic carbocycles. The molecule has 0 saturated heterocycles. The minimum atomic E-state index is 0.497. The Morgan fingerprint density at radius 1 is 0.800 bits per heavy atom. The van der Waals surface area contributed by atoms with Gasteiger partial charge in [0.15, 0.2) is 12.2 Å². The molecule has 0 radical (unpaired) electrons. The third kappa shape index (κ3) is 2.34. The lowest BCUT2D eigenvalue weighted by Gasteiger charge is -2.28. The van der Waals surface area contributed by atoms with E-state index in [0.717, 1.165) is 6.42 Å². The van der Waals surface area contributed by atoms with Crippen LogP contribution in [0, 0.1) is 0 Å². The van der Waals surface area contributed by atoms with Gasteiger partial charge in [-0.15, -0.1) is 0 Å². The van der Waals surface area contributed by atoms with E-state index >= 15 is 0 Å². The van der Waals surface area contributed by atoms with Crippen LogP contribution in [0.2, 0.25) is 0 Å². The Kier molecular flexibility index (Phi) is 3.82. The molecular formula is C28H25N2+. The van der Waals surface area contributed by atoms with Gasteiger partial charge in [0.25, 0.3) is 0 Å². The first-order valence-electron chi connectivity index (χ1n) is 10.9. The molecule has 0 spiro atoms. The molecule has 1 aliphatic rings. The summed E-state index contributed by atoms with van der Waals surface area (Å²) in [4.78, 5) is 0. The summed E-state index contributed by atoms with van der Waals surface area (Å²) in [6, 6.07) is 31.6. The first kappa shape index (κ1) is 17.5. The zero-order valence-electron chi connectivity index (χ0n) is 17.4. The summed E-state index contributed by atoms with van der Waals surface area (Å²) in [5.74, 6) is 0.497. The fourth-order valence-corrected chi connectivity index (χ4v) is 5.47. The van der Waals surface area contributed by atoms with Gasteiger partial charge in [-0.3, -0.25) is 0 Å². The highest BCUT2D eigenvalue weighted by Crippen LogP contribution is 2.41. The molecule has 3 aromatic carbocycles. The number of benzene rings is 3. The van der Waals surface area contributed by atoms with E-state index in [1.165, 1.54) is 44.3 Å². The van der Waals surface area contributed by atoms with E-state index in [1.54, 1.807) is 0 Å². The van der Waals surface area contributed by atoms with E-state index < -0.39 is 0 Å². The Balaban J connectivity index is 1.65. The second-order valence-corrected chi connectivity index (χ2v) is 8.40. The highest BCUT2D eigenvalue weighted by Gasteiger charge is 2.36. The van der Waals surface area contributed by atoms with Gasteiger partial charge in [-0.25, -0.2) is 0 Å². The van der Waals surface area contributed by atoms with Crippen LogP contribution in [0.5, 0.6) is 0 Å². The van der Waals surface area contributed by atoms with Gasteiger partial charge in [0, 0.05) is 40.9 Å². The minimum absolute atomic E-state index is 0.497. The molecule has 2 heteroatoms. The van der Waals surface area contributed by atoms with E-state index in [1.807, 2.05) is 0 Å². The van der Waals surface area contributed by atoms with Crippen molar-refractivity contribution in [1.82, 2.24) is 4.57 Å². The summed E-state index contributed by atoms with van der Waals surface area (Å²) in [5.41, 5.74) is 7.87. The molecule has 0 N–H and O–H groups in total. The van der Waals surface area contributed by atoms with Gasteiger partial charge in [-0.1, -0.05) is 56.3 Å². The molecule has 2 nitrogen and oxygen atoms in total. The summed E-state index contributed by atoms with van der Waals surface area (Å²) in [6.07, 6.45) is 3.38. The summed E-state index contributed by atoms with van der Waals surface area (Å²) >= 11 is 0. The van der Waals surface area contributed by atoms with Crippen LogP contribution in [0.4, 0.5) is 0 Å². The first-order chi connectivity index (χ1) is 14.8. The van der Waals surface area contributed by atoms with Crippen LogP contribution in [-0.4, -0.2) is 4.57 Å². The van der Waals surface area contributed by atoms with Gasteiger partial charge in [0.05, 0.1) is 16.6 Å². The maximum atomic E-state index is 2.47. The average molecular weight is 390 g/mol. The largest absolute Gasteiger partial charge is 0.309 e. The van der Waals surface area contributed by atoms with Crippen molar-refractivity contribution in [3.05, 3.63) is 96.7 Å². The fourth-order valence-electron chi connectivity index (χ4n) is 5.47. The molecule has 5 aromatic rings. The van der Waals surface area contributed by atoms with Crippen LogP contribution < -0.4 is 4.57 Å². The number of para-hydroxylation sites is 2. The van der Waals surface area contributed by atoms with Crippen molar-refractivity contribution < 1.29 is 4.57 Å². The number of nitrogens with zero attached hydrogens (tertiary/aromatic N) is 2. The normalized spacial score (nSPS) is 17.8. The summed E-state index contributed by atoms with van der Waals surface area (Å²) in [6.45, 7) is 4.67. The number of hydrogen-bond donors (Lipinski definition) is 0. The van der Waals surface area contributed by atoms with Gasteiger partial charge < -0.3 is 4.57 Å². The van der Waals surface area contributed by atoms with E-state index in [9.17, 15) is 0 Å². The number of rotatable bonds is 2. The maximum Gasteiger partial charge on any atom is 0.213 e. The monoisotopic (exact) mass is 389 g/mol. The lowest BCUT2D eigenvalue weighted by atomic mass is 9.83. The first-order valence-corrected chi connectivity index (χ1v) is 10.9. The molecule has 1 aliphatic heterocycles. The lowest BCUT2D eigenvalue weighted by molar-refractivity contribution is -0.718. The fraction of sp³-hybridized carbons (Fsp3) is 0.179. The van der Waals surface area contributed by atoms with E-state index in [2.05, 4.69) is 114 Å². The summed E-state index contributed by atoms with van der Waals surface area (Å²) in [7, 11) is 0. The molecule has 3 heterocycles. The third-order valence-electron chi connectivity index (χ3n) is 6.88. The van der Waals surface area contributed by atoms with Crippen molar-refractivity contribution in [1.29, 1.82) is 0 Å². The Hall–Kier alpha value is -3.39. The van der Waals surface area contributed by atoms with E-state index in [4.69, 9.17) is 0 Å². The van der Waals surface area contributed by atoms with Crippen molar-refractivity contribution in [2.24, 2.45) is 0 Å². The Morgan fingerprint density at radius 3 is 2.17 bits per heavy atom. The van der Waals surface area contributed by atoms with Crippen molar-refractivity contribution >= 4 is 21.8 Å². The van der Waals surface area contributed by atoms with Gasteiger partial charge >= 0.3 is 0 Å². The number of hydrogen-bond acceptors (Lipinski definition) is 0. The van der Waals surface area contributed by atoms with Gasteiger partial charge in [-0.2, -0.15) is 4.57 Å². The summed E-state index contributed by atoms with van der Waals surface area (Å²) in [5, 5.41) is 2.61. The van der Waals surface area contributed by atoms with Crippen LogP contribution in [0.25, 0.3) is 38.8 Å². The van der Waals surface area contributed by atoms with E-state index in [-0.39, 0.29) is 0 Å². The third-order valence-corrected chi connectivity index (χ3v) is 6.88. The molecule has 2 aromatic heterocycles. The van der Waals surface area contributed by atoms with Crippen LogP contribution in [0.3, 0.4) is 0 Å². The predicted molar refractivity (Wildman–Crippen MR) is 124 cm³/mol. The molecule has 0 fully saturated rings. The smallest absolute Gasteiger partial charge is 0.213 e. The van der Waals surface area contributed by atoms with Gasteiger partial charge in [0.2, 0.25) is 5.69 Å². The zero-order valence-corrected chi connectivity index (χ0v) is 17.4. The molecule has 0 bridgehead atoms. The molecule has 2 unspecified atom stereocenters. The molecule has 0 saturated carbocycles. The van der Waals surface area contributed by atoms with Crippen LogP contribution in [-0.2, 0) is 0 Å². The second kappa shape index (κ2) is 6.56. The van der Waals surface area contributed by atoms with E-state index in [0.29, 0.717) is 12.0 Å². The van der Waals surface area contributed by atoms with Crippen molar-refractivity contribution in [3.63, 3.8) is 0 Å². The highest BCUT2D eigenvalue weighted by atomic mass is 15.0. The van der Waals surface area contributed by atoms with Crippen LogP contribution >= 0.6 is 0 Å². The Bertz CT molecular complexity index is 1360. The molecule has 30 heavy (non-hydrogen) atoms. The number of fused-ring (bicyclic) bond motifs is 6. The van der Waals surface area contributed by atoms with Crippen molar-refractivity contribution in [3.8, 4) is 16.9 Å². The molecule has 0 amide bonds. The second-order valence-electron chi connectivity index (χ2n) is 8.40. The van der Waals surface area contributed by atoms with Gasteiger partial charge in [0.1, 0.15) is 0 Å². The molecule has 146 valence electrons. The van der Waals surface area contributed by atoms with Crippen molar-refractivity contribution in [2.45, 2.75) is 32.2 Å². The SMILES string of the molecule is CCC1C(C)c2ccc(-n3c4ccccc4c4ccccc43)cc2-c2cccc[n+]21. The van der Waals surface area contributed by atoms with Gasteiger partial charge in [-0.05, 0) is 35.9 Å². The van der Waals surface area contributed by atoms with Crippen LogP contribution in [0.1, 0.15) is 37.8 Å². The molecular weight excluding hydrogens is 364 g/mol. The topological polar surface area (TPSA) is 8.81 Å². The van der Waals surface area contributed by atoms with Crippen molar-refractivity contribution in [2.75, 3.05) is 0 Å². The summed E-state index contributed by atoms with van der Waals surface area (Å²) < 4.78 is 4.89. The molecule has 6 rings (SSSR count). The standard InChI is InChI=1S/C28H25N2/c1-3-25-19(2)21-16-15-20(18-24(21)26-12-8-9-17-29(25)26)30-27-13-6-4-10-22(27)23-11-5-7-14-28(23)30/h4-19,25H,3H2,1-2H3/q+1.